The van der Waals surface area contributed by atoms with E-state index < -0.39 is 0 Å². The molecule has 1 aromatic carbocycles. The zero-order valence-corrected chi connectivity index (χ0v) is 19.0. The van der Waals surface area contributed by atoms with Gasteiger partial charge in [-0.25, -0.2) is 9.97 Å². The molecule has 6 heteroatoms. The molecule has 0 spiro atoms. The van der Waals surface area contributed by atoms with Gasteiger partial charge in [0.15, 0.2) is 5.82 Å². The van der Waals surface area contributed by atoms with Crippen LogP contribution in [0.2, 0.25) is 0 Å². The molecule has 4 rings (SSSR count). The number of anilines is 1. The number of aliphatic imine (C=N–C) groups is 1. The molecule has 2 aliphatic rings. The third-order valence-corrected chi connectivity index (χ3v) is 5.84. The molecule has 1 aliphatic carbocycles. The van der Waals surface area contributed by atoms with Crippen molar-refractivity contribution < 1.29 is 5.11 Å². The van der Waals surface area contributed by atoms with Gasteiger partial charge in [-0.1, -0.05) is 36.9 Å². The quantitative estimate of drug-likeness (QED) is 0.638. The third-order valence-electron chi connectivity index (χ3n) is 5.84. The van der Waals surface area contributed by atoms with Crippen molar-refractivity contribution in [3.05, 3.63) is 66.5 Å². The highest BCUT2D eigenvalue weighted by atomic mass is 16.3. The molecule has 0 bridgehead atoms. The summed E-state index contributed by atoms with van der Waals surface area (Å²) in [6, 6.07) is 8.31. The van der Waals surface area contributed by atoms with Crippen molar-refractivity contribution in [1.82, 2.24) is 14.9 Å². The Morgan fingerprint density at radius 2 is 2.12 bits per heavy atom. The second-order valence-corrected chi connectivity index (χ2v) is 8.68. The van der Waals surface area contributed by atoms with Gasteiger partial charge in [0.2, 0.25) is 0 Å². The van der Waals surface area contributed by atoms with Crippen molar-refractivity contribution >= 4 is 23.2 Å². The number of allylic oxidation sites excluding steroid dienone is 3. The third kappa shape index (κ3) is 4.81. The van der Waals surface area contributed by atoms with Gasteiger partial charge in [-0.15, -0.1) is 0 Å². The van der Waals surface area contributed by atoms with Crippen molar-refractivity contribution in [2.45, 2.75) is 44.4 Å². The number of nitrogens with one attached hydrogen (secondary N) is 1. The summed E-state index contributed by atoms with van der Waals surface area (Å²) in [6.45, 7) is 6.01. The molecular weight excluding hydrogens is 398 g/mol. The van der Waals surface area contributed by atoms with E-state index in [1.807, 2.05) is 55.8 Å². The number of hydrogen-bond donors (Lipinski definition) is 2. The van der Waals surface area contributed by atoms with Gasteiger partial charge in [-0.3, -0.25) is 4.99 Å². The van der Waals surface area contributed by atoms with E-state index in [2.05, 4.69) is 47.0 Å². The maximum atomic E-state index is 10.4. The van der Waals surface area contributed by atoms with Crippen LogP contribution < -0.4 is 5.32 Å². The van der Waals surface area contributed by atoms with Gasteiger partial charge in [0, 0.05) is 49.4 Å². The lowest BCUT2D eigenvalue weighted by atomic mass is 10.0. The van der Waals surface area contributed by atoms with Crippen molar-refractivity contribution in [2.75, 3.05) is 19.4 Å². The van der Waals surface area contributed by atoms with E-state index in [0.717, 1.165) is 52.9 Å². The number of aliphatic hydroxyl groups excluding tert-OH is 1. The molecule has 2 aromatic rings. The molecule has 1 saturated carbocycles. The van der Waals surface area contributed by atoms with Crippen molar-refractivity contribution in [3.8, 4) is 11.4 Å². The predicted molar refractivity (Wildman–Crippen MR) is 133 cm³/mol. The van der Waals surface area contributed by atoms with Crippen LogP contribution in [-0.2, 0) is 0 Å². The molecule has 6 nitrogen and oxygen atoms in total. The zero-order valence-electron chi connectivity index (χ0n) is 19.0. The first kappa shape index (κ1) is 22.0. The summed E-state index contributed by atoms with van der Waals surface area (Å²) < 4.78 is 0. The van der Waals surface area contributed by atoms with Crippen LogP contribution in [0.4, 0.5) is 5.82 Å². The fourth-order valence-electron chi connectivity index (χ4n) is 4.19. The Morgan fingerprint density at radius 3 is 2.78 bits per heavy atom. The summed E-state index contributed by atoms with van der Waals surface area (Å²) in [6.07, 6.45) is 12.1. The second-order valence-electron chi connectivity index (χ2n) is 8.68. The van der Waals surface area contributed by atoms with E-state index in [4.69, 9.17) is 4.98 Å². The van der Waals surface area contributed by atoms with E-state index in [9.17, 15) is 5.11 Å². The van der Waals surface area contributed by atoms with Gasteiger partial charge in [-0.2, -0.15) is 0 Å². The van der Waals surface area contributed by atoms with Crippen LogP contribution in [0.3, 0.4) is 0 Å². The van der Waals surface area contributed by atoms with Crippen LogP contribution in [0.15, 0.2) is 60.4 Å². The molecule has 1 aliphatic heterocycles. The van der Waals surface area contributed by atoms with E-state index in [-0.39, 0.29) is 18.2 Å². The number of hydrogen-bond acceptors (Lipinski definition) is 6. The molecule has 1 fully saturated rings. The second kappa shape index (κ2) is 9.49. The summed E-state index contributed by atoms with van der Waals surface area (Å²) in [4.78, 5) is 16.1. The monoisotopic (exact) mass is 429 g/mol. The molecule has 3 unspecified atom stereocenters. The molecule has 166 valence electrons. The highest BCUT2D eigenvalue weighted by molar-refractivity contribution is 6.13. The Hall–Kier alpha value is -3.25. The van der Waals surface area contributed by atoms with Gasteiger partial charge in [-0.05, 0) is 43.4 Å². The van der Waals surface area contributed by atoms with Gasteiger partial charge in [0.1, 0.15) is 5.82 Å². The summed E-state index contributed by atoms with van der Waals surface area (Å²) in [7, 11) is 3.99. The molecule has 0 saturated heterocycles. The Kier molecular flexibility index (Phi) is 6.51. The summed E-state index contributed by atoms with van der Waals surface area (Å²) in [5.74, 6) is 1.38. The minimum Gasteiger partial charge on any atom is -0.391 e. The summed E-state index contributed by atoms with van der Waals surface area (Å²) in [5.41, 5.74) is 4.94. The summed E-state index contributed by atoms with van der Waals surface area (Å²) in [5, 5.41) is 13.9. The lowest BCUT2D eigenvalue weighted by Crippen LogP contribution is -2.29. The molecule has 1 aromatic heterocycles. The highest BCUT2D eigenvalue weighted by Gasteiger charge is 2.27. The average molecular weight is 430 g/mol. The topological polar surface area (TPSA) is 73.6 Å². The number of nitrogens with zero attached hydrogens (tertiary/aromatic N) is 4. The Morgan fingerprint density at radius 1 is 1.28 bits per heavy atom. The number of aliphatic hydroxyl groups is 1. The Balaban J connectivity index is 1.73. The van der Waals surface area contributed by atoms with Crippen LogP contribution in [-0.4, -0.2) is 58.5 Å². The molecule has 3 atom stereocenters. The standard InChI is InChI=1S/C26H31N5O/c1-5-18(16-31(3)4)19-8-6-9-20(13-19)25-28-15-22(21-12-17(2)27-14-21)26(30-25)29-23-10-7-11-24(23)32/h5-6,8-9,12-17,23-24,32H,1,7,10-11H2,2-4H3,(H,28,29,30)/b18-16+. The first-order valence-corrected chi connectivity index (χ1v) is 11.1. The Labute approximate surface area is 190 Å². The van der Waals surface area contributed by atoms with E-state index in [0.29, 0.717) is 5.82 Å². The fourth-order valence-corrected chi connectivity index (χ4v) is 4.19. The average Bonchev–Trinajstić information content (AvgIpc) is 3.40. The van der Waals surface area contributed by atoms with E-state index in [1.165, 1.54) is 0 Å². The summed E-state index contributed by atoms with van der Waals surface area (Å²) >= 11 is 0. The molecule has 2 heterocycles. The van der Waals surface area contributed by atoms with Gasteiger partial charge < -0.3 is 15.3 Å². The minimum atomic E-state index is -0.360. The molecule has 32 heavy (non-hydrogen) atoms. The zero-order chi connectivity index (χ0) is 22.7. The van der Waals surface area contributed by atoms with Crippen LogP contribution in [0.5, 0.6) is 0 Å². The van der Waals surface area contributed by atoms with Gasteiger partial charge in [0.25, 0.3) is 0 Å². The van der Waals surface area contributed by atoms with Crippen molar-refractivity contribution in [2.24, 2.45) is 4.99 Å². The Bertz CT molecular complexity index is 1090. The van der Waals surface area contributed by atoms with Gasteiger partial charge in [0.05, 0.1) is 18.2 Å². The van der Waals surface area contributed by atoms with Crippen LogP contribution in [0.25, 0.3) is 22.5 Å². The molecule has 2 N–H and O–H groups in total. The number of aromatic nitrogens is 2. The van der Waals surface area contributed by atoms with E-state index >= 15 is 0 Å². The smallest absolute Gasteiger partial charge is 0.161 e. The molecular formula is C26H31N5O. The van der Waals surface area contributed by atoms with Crippen molar-refractivity contribution in [3.63, 3.8) is 0 Å². The fraction of sp³-hybridized carbons (Fsp3) is 0.346. The SMILES string of the molecule is C=C/C(=C\N(C)C)c1cccc(-c2ncc(C3=CC(C)N=C3)c(NC3CCCC3O)n2)c1. The molecule has 0 radical (unpaired) electrons. The normalized spacial score (nSPS) is 22.7. The van der Waals surface area contributed by atoms with Crippen LogP contribution in [0, 0.1) is 0 Å². The maximum Gasteiger partial charge on any atom is 0.161 e. The largest absolute Gasteiger partial charge is 0.391 e. The predicted octanol–water partition coefficient (Wildman–Crippen LogP) is 4.41. The lowest BCUT2D eigenvalue weighted by Gasteiger charge is -2.20. The number of rotatable bonds is 7. The van der Waals surface area contributed by atoms with Crippen molar-refractivity contribution in [1.29, 1.82) is 0 Å². The number of benzene rings is 1. The first-order chi connectivity index (χ1) is 15.4. The minimum absolute atomic E-state index is 0.00501. The maximum absolute atomic E-state index is 10.4. The van der Waals surface area contributed by atoms with Gasteiger partial charge >= 0.3 is 0 Å². The van der Waals surface area contributed by atoms with Crippen LogP contribution >= 0.6 is 0 Å². The first-order valence-electron chi connectivity index (χ1n) is 11.1. The van der Waals surface area contributed by atoms with E-state index in [1.54, 1.807) is 0 Å². The lowest BCUT2D eigenvalue weighted by molar-refractivity contribution is 0.171. The highest BCUT2D eigenvalue weighted by Crippen LogP contribution is 2.31. The molecule has 0 amide bonds. The van der Waals surface area contributed by atoms with Crippen LogP contribution in [0.1, 0.15) is 37.3 Å².